The van der Waals surface area contributed by atoms with Gasteiger partial charge in [0.2, 0.25) is 0 Å². The first kappa shape index (κ1) is 14.5. The van der Waals surface area contributed by atoms with Crippen molar-refractivity contribution in [3.8, 4) is 0 Å². The molecule has 2 N–H and O–H groups in total. The molecule has 0 spiro atoms. The molecule has 1 aliphatic rings. The van der Waals surface area contributed by atoms with Crippen molar-refractivity contribution in [2.45, 2.75) is 59.4 Å². The zero-order valence-electron chi connectivity index (χ0n) is 12.8. The molecule has 1 fully saturated rings. The summed E-state index contributed by atoms with van der Waals surface area (Å²) in [6.45, 7) is 9.86. The van der Waals surface area contributed by atoms with Crippen LogP contribution in [0.25, 0.3) is 0 Å². The summed E-state index contributed by atoms with van der Waals surface area (Å²) in [5, 5.41) is 4.34. The maximum atomic E-state index is 5.97. The summed E-state index contributed by atoms with van der Waals surface area (Å²) in [6, 6.07) is 0.380. The molecule has 2 unspecified atom stereocenters. The monoisotopic (exact) mass is 264 g/mol. The van der Waals surface area contributed by atoms with E-state index in [1.54, 1.807) is 6.33 Å². The molecule has 1 aromatic heterocycles. The van der Waals surface area contributed by atoms with Crippen LogP contribution in [-0.2, 0) is 6.42 Å². The van der Waals surface area contributed by atoms with E-state index in [4.69, 9.17) is 5.73 Å². The Hall–Kier alpha value is -0.900. The second-order valence-corrected chi connectivity index (χ2v) is 7.08. The van der Waals surface area contributed by atoms with Crippen molar-refractivity contribution in [1.82, 2.24) is 14.8 Å². The van der Waals surface area contributed by atoms with Crippen LogP contribution in [0.2, 0.25) is 0 Å². The third-order valence-electron chi connectivity index (χ3n) is 4.56. The van der Waals surface area contributed by atoms with Crippen LogP contribution in [0, 0.1) is 17.3 Å². The molecule has 0 saturated heterocycles. The Balaban J connectivity index is 2.12. The molecule has 0 aromatic carbocycles. The van der Waals surface area contributed by atoms with Crippen LogP contribution in [-0.4, -0.2) is 21.3 Å². The molecule has 108 valence electrons. The Morgan fingerprint density at radius 2 is 2.16 bits per heavy atom. The summed E-state index contributed by atoms with van der Waals surface area (Å²) in [5.74, 6) is 2.41. The van der Waals surface area contributed by atoms with Crippen molar-refractivity contribution in [2.75, 3.05) is 6.54 Å². The van der Waals surface area contributed by atoms with E-state index >= 15 is 0 Å². The third kappa shape index (κ3) is 3.35. The number of rotatable bonds is 4. The summed E-state index contributed by atoms with van der Waals surface area (Å²) < 4.78 is 2.05. The highest BCUT2D eigenvalue weighted by atomic mass is 15.3. The minimum Gasteiger partial charge on any atom is -0.330 e. The van der Waals surface area contributed by atoms with Gasteiger partial charge < -0.3 is 5.73 Å². The van der Waals surface area contributed by atoms with Crippen molar-refractivity contribution >= 4 is 0 Å². The number of aromatic nitrogens is 3. The van der Waals surface area contributed by atoms with E-state index in [2.05, 4.69) is 42.5 Å². The first-order valence-corrected chi connectivity index (χ1v) is 7.51. The van der Waals surface area contributed by atoms with Gasteiger partial charge in [0.25, 0.3) is 0 Å². The molecule has 19 heavy (non-hydrogen) atoms. The molecule has 1 aliphatic carbocycles. The van der Waals surface area contributed by atoms with E-state index in [1.165, 1.54) is 19.3 Å². The van der Waals surface area contributed by atoms with E-state index in [1.807, 2.05) is 0 Å². The Morgan fingerprint density at radius 3 is 2.79 bits per heavy atom. The lowest BCUT2D eigenvalue weighted by Gasteiger charge is -2.40. The van der Waals surface area contributed by atoms with E-state index in [9.17, 15) is 0 Å². The lowest BCUT2D eigenvalue weighted by atomic mass is 9.66. The Labute approximate surface area is 116 Å². The van der Waals surface area contributed by atoms with Gasteiger partial charge in [-0.15, -0.1) is 0 Å². The predicted molar refractivity (Wildman–Crippen MR) is 77.8 cm³/mol. The topological polar surface area (TPSA) is 56.7 Å². The van der Waals surface area contributed by atoms with Gasteiger partial charge in [-0.2, -0.15) is 5.10 Å². The van der Waals surface area contributed by atoms with Gasteiger partial charge >= 0.3 is 0 Å². The van der Waals surface area contributed by atoms with Crippen molar-refractivity contribution in [1.29, 1.82) is 0 Å². The number of nitrogens with zero attached hydrogens (tertiary/aromatic N) is 3. The first-order chi connectivity index (χ1) is 8.93. The van der Waals surface area contributed by atoms with Gasteiger partial charge in [0, 0.05) is 12.5 Å². The van der Waals surface area contributed by atoms with E-state index in [-0.39, 0.29) is 0 Å². The molecule has 1 saturated carbocycles. The van der Waals surface area contributed by atoms with Gasteiger partial charge in [-0.05, 0) is 56.9 Å². The SMILES string of the molecule is CC(C)n1ncnc1CC1CC(C)(C)CCC1CN. The zero-order valence-corrected chi connectivity index (χ0v) is 12.8. The van der Waals surface area contributed by atoms with Crippen LogP contribution >= 0.6 is 0 Å². The Bertz CT molecular complexity index is 408. The van der Waals surface area contributed by atoms with Crippen LogP contribution in [0.4, 0.5) is 0 Å². The fourth-order valence-corrected chi connectivity index (χ4v) is 3.43. The van der Waals surface area contributed by atoms with Gasteiger partial charge in [-0.1, -0.05) is 13.8 Å². The van der Waals surface area contributed by atoms with Gasteiger partial charge in [-0.25, -0.2) is 9.67 Å². The number of nitrogens with two attached hydrogens (primary N) is 1. The molecule has 2 atom stereocenters. The van der Waals surface area contributed by atoms with Crippen LogP contribution in [0.1, 0.15) is 58.8 Å². The minimum atomic E-state index is 0.380. The highest BCUT2D eigenvalue weighted by Crippen LogP contribution is 2.42. The maximum absolute atomic E-state index is 5.97. The fraction of sp³-hybridized carbons (Fsp3) is 0.867. The summed E-state index contributed by atoms with van der Waals surface area (Å²) >= 11 is 0. The second kappa shape index (κ2) is 5.61. The predicted octanol–water partition coefficient (Wildman–Crippen LogP) is 2.80. The van der Waals surface area contributed by atoms with Crippen molar-refractivity contribution < 1.29 is 0 Å². The van der Waals surface area contributed by atoms with Crippen molar-refractivity contribution in [3.63, 3.8) is 0 Å². The molecule has 4 heteroatoms. The highest BCUT2D eigenvalue weighted by Gasteiger charge is 2.34. The molecule has 0 amide bonds. The molecule has 4 nitrogen and oxygen atoms in total. The molecule has 2 rings (SSSR count). The second-order valence-electron chi connectivity index (χ2n) is 7.08. The molecular weight excluding hydrogens is 236 g/mol. The Kier molecular flexibility index (Phi) is 4.29. The van der Waals surface area contributed by atoms with Gasteiger partial charge in [0.15, 0.2) is 0 Å². The van der Waals surface area contributed by atoms with E-state index in [0.29, 0.717) is 23.3 Å². The van der Waals surface area contributed by atoms with Crippen LogP contribution in [0.15, 0.2) is 6.33 Å². The fourth-order valence-electron chi connectivity index (χ4n) is 3.43. The molecule has 0 radical (unpaired) electrons. The maximum Gasteiger partial charge on any atom is 0.138 e. The van der Waals surface area contributed by atoms with Crippen LogP contribution < -0.4 is 5.73 Å². The standard InChI is InChI=1S/C15H28N4/c1-11(2)19-14(17-10-18-19)7-13-8-15(3,4)6-5-12(13)9-16/h10-13H,5-9,16H2,1-4H3. The molecular formula is C15H28N4. The summed E-state index contributed by atoms with van der Waals surface area (Å²) in [5.41, 5.74) is 6.41. The van der Waals surface area contributed by atoms with Crippen molar-refractivity contribution in [3.05, 3.63) is 12.2 Å². The quantitative estimate of drug-likeness (QED) is 0.909. The zero-order chi connectivity index (χ0) is 14.0. The molecule has 0 bridgehead atoms. The largest absolute Gasteiger partial charge is 0.330 e. The van der Waals surface area contributed by atoms with E-state index < -0.39 is 0 Å². The van der Waals surface area contributed by atoms with Crippen LogP contribution in [0.3, 0.4) is 0 Å². The average molecular weight is 264 g/mol. The molecule has 1 heterocycles. The van der Waals surface area contributed by atoms with Gasteiger partial charge in [0.05, 0.1) is 0 Å². The smallest absolute Gasteiger partial charge is 0.138 e. The first-order valence-electron chi connectivity index (χ1n) is 7.51. The number of hydrogen-bond acceptors (Lipinski definition) is 3. The summed E-state index contributed by atoms with van der Waals surface area (Å²) in [7, 11) is 0. The lowest BCUT2D eigenvalue weighted by molar-refractivity contribution is 0.119. The molecule has 0 aliphatic heterocycles. The van der Waals surface area contributed by atoms with E-state index in [0.717, 1.165) is 18.8 Å². The average Bonchev–Trinajstić information content (AvgIpc) is 2.76. The summed E-state index contributed by atoms with van der Waals surface area (Å²) in [6.07, 6.45) is 6.50. The minimum absolute atomic E-state index is 0.380. The van der Waals surface area contributed by atoms with Crippen molar-refractivity contribution in [2.24, 2.45) is 23.0 Å². The molecule has 1 aromatic rings. The van der Waals surface area contributed by atoms with Gasteiger partial charge in [-0.3, -0.25) is 0 Å². The lowest BCUT2D eigenvalue weighted by Crippen LogP contribution is -2.35. The summed E-state index contributed by atoms with van der Waals surface area (Å²) in [4.78, 5) is 4.46. The van der Waals surface area contributed by atoms with Gasteiger partial charge in [0.1, 0.15) is 12.2 Å². The Morgan fingerprint density at radius 1 is 1.42 bits per heavy atom. The third-order valence-corrected chi connectivity index (χ3v) is 4.56. The highest BCUT2D eigenvalue weighted by molar-refractivity contribution is 4.94. The van der Waals surface area contributed by atoms with Crippen LogP contribution in [0.5, 0.6) is 0 Å². The normalized spacial score (nSPS) is 26.8. The number of hydrogen-bond donors (Lipinski definition) is 1.